The van der Waals surface area contributed by atoms with Gasteiger partial charge in [-0.05, 0) is 24.2 Å². The van der Waals surface area contributed by atoms with Crippen molar-refractivity contribution < 1.29 is 32.1 Å². The van der Waals surface area contributed by atoms with Crippen LogP contribution in [0, 0.1) is 16.7 Å². The van der Waals surface area contributed by atoms with Crippen molar-refractivity contribution in [2.75, 3.05) is 18.9 Å². The molecule has 28 heavy (non-hydrogen) atoms. The number of Topliss-reactive ketones (excluding diaryl/α,β-unsaturated/α-hetero) is 1. The number of rotatable bonds is 5. The van der Waals surface area contributed by atoms with Crippen molar-refractivity contribution in [1.29, 1.82) is 0 Å². The highest BCUT2D eigenvalue weighted by molar-refractivity contribution is 7.85. The third kappa shape index (κ3) is 4.53. The molecule has 4 N–H and O–H groups in total. The summed E-state index contributed by atoms with van der Waals surface area (Å²) in [7, 11) is -4.08. The Bertz CT molecular complexity index is 765. The first-order valence-corrected chi connectivity index (χ1v) is 10.6. The van der Waals surface area contributed by atoms with Crippen LogP contribution in [0.3, 0.4) is 0 Å². The van der Waals surface area contributed by atoms with E-state index in [9.17, 15) is 22.8 Å². The van der Waals surface area contributed by atoms with Crippen LogP contribution in [0.1, 0.15) is 33.1 Å². The van der Waals surface area contributed by atoms with E-state index in [1.165, 1.54) is 6.08 Å². The number of hydrogen-bond acceptors (Lipinski definition) is 7. The highest BCUT2D eigenvalue weighted by atomic mass is 32.2. The van der Waals surface area contributed by atoms with Crippen molar-refractivity contribution in [1.82, 2.24) is 16.2 Å². The molecule has 0 spiro atoms. The Balaban J connectivity index is 0.000000203. The number of fused-ring (bicyclic) bond motifs is 2. The zero-order valence-electron chi connectivity index (χ0n) is 16.0. The maximum Gasteiger partial charge on any atom is 0.408 e. The molecule has 2 amide bonds. The first-order chi connectivity index (χ1) is 12.9. The van der Waals surface area contributed by atoms with E-state index >= 15 is 0 Å². The largest absolute Gasteiger partial charge is 0.445 e. The number of hydrazine groups is 1. The van der Waals surface area contributed by atoms with Crippen LogP contribution in [-0.4, -0.2) is 55.7 Å². The quantitative estimate of drug-likeness (QED) is 0.365. The predicted octanol–water partition coefficient (Wildman–Crippen LogP) is 0.171. The molecular formula is C17H27N3O7S. The number of amides is 2. The number of carbonyl (C=O) groups excluding carboxylic acids is 3. The normalized spacial score (nSPS) is 30.2. The van der Waals surface area contributed by atoms with Gasteiger partial charge in [0, 0.05) is 13.0 Å². The molecule has 0 aromatic heterocycles. The highest BCUT2D eigenvalue weighted by Gasteiger charge is 2.65. The third-order valence-corrected chi connectivity index (χ3v) is 6.88. The predicted molar refractivity (Wildman–Crippen MR) is 99.6 cm³/mol. The van der Waals surface area contributed by atoms with E-state index in [-0.39, 0.29) is 29.6 Å². The van der Waals surface area contributed by atoms with Gasteiger partial charge in [0.25, 0.3) is 16.0 Å². The summed E-state index contributed by atoms with van der Waals surface area (Å²) in [5.74, 6) is -0.369. The van der Waals surface area contributed by atoms with Crippen LogP contribution in [0.25, 0.3) is 0 Å². The molecule has 2 aliphatic carbocycles. The molecule has 0 aromatic carbocycles. The van der Waals surface area contributed by atoms with Crippen molar-refractivity contribution in [2.45, 2.75) is 39.2 Å². The molecule has 3 unspecified atom stereocenters. The fraction of sp³-hybridized carbons (Fsp3) is 0.706. The fourth-order valence-electron chi connectivity index (χ4n) is 4.27. The second-order valence-electron chi connectivity index (χ2n) is 7.85. The fourth-order valence-corrected chi connectivity index (χ4v) is 5.57. The SMILES string of the molecule is C=CCOC(=O)NC1CNNC1=O.CC1(C)C2CCC1(CS(=O)(=O)O)C(=O)C2. The average molecular weight is 417 g/mol. The van der Waals surface area contributed by atoms with Gasteiger partial charge in [-0.25, -0.2) is 10.2 Å². The maximum absolute atomic E-state index is 11.9. The molecule has 10 nitrogen and oxygen atoms in total. The van der Waals surface area contributed by atoms with E-state index in [0.29, 0.717) is 19.4 Å². The van der Waals surface area contributed by atoms with Gasteiger partial charge in [0.15, 0.2) is 0 Å². The van der Waals surface area contributed by atoms with E-state index in [4.69, 9.17) is 4.55 Å². The Kier molecular flexibility index (Phi) is 6.51. The molecule has 11 heteroatoms. The summed E-state index contributed by atoms with van der Waals surface area (Å²) >= 11 is 0. The van der Waals surface area contributed by atoms with Gasteiger partial charge < -0.3 is 10.1 Å². The van der Waals surface area contributed by atoms with Crippen LogP contribution in [0.4, 0.5) is 4.79 Å². The Labute approximate surface area is 164 Å². The minimum Gasteiger partial charge on any atom is -0.445 e. The summed E-state index contributed by atoms with van der Waals surface area (Å²) in [6.07, 6.45) is 2.80. The number of alkyl carbamates (subject to hydrolysis) is 1. The zero-order chi connectivity index (χ0) is 21.2. The minimum absolute atomic E-state index is 0.0152. The molecule has 3 atom stereocenters. The van der Waals surface area contributed by atoms with Crippen LogP contribution in [-0.2, 0) is 24.4 Å². The number of ether oxygens (including phenoxy) is 1. The van der Waals surface area contributed by atoms with Crippen LogP contribution < -0.4 is 16.2 Å². The second-order valence-corrected chi connectivity index (χ2v) is 9.30. The molecule has 3 fully saturated rings. The smallest absolute Gasteiger partial charge is 0.408 e. The van der Waals surface area contributed by atoms with E-state index < -0.39 is 33.4 Å². The van der Waals surface area contributed by atoms with Gasteiger partial charge >= 0.3 is 6.09 Å². The van der Waals surface area contributed by atoms with Gasteiger partial charge in [-0.15, -0.1) is 0 Å². The number of nitrogens with one attached hydrogen (secondary N) is 3. The van der Waals surface area contributed by atoms with Crippen LogP contribution in [0.5, 0.6) is 0 Å². The van der Waals surface area contributed by atoms with Gasteiger partial charge in [-0.3, -0.25) is 19.6 Å². The van der Waals surface area contributed by atoms with Crippen LogP contribution in [0.15, 0.2) is 12.7 Å². The van der Waals surface area contributed by atoms with Gasteiger partial charge in [0.2, 0.25) is 0 Å². The molecule has 158 valence electrons. The molecule has 0 aromatic rings. The first kappa shape index (κ1) is 22.3. The molecule has 2 bridgehead atoms. The number of carbonyl (C=O) groups is 3. The summed E-state index contributed by atoms with van der Waals surface area (Å²) in [6, 6.07) is -0.558. The maximum atomic E-state index is 11.9. The van der Waals surface area contributed by atoms with E-state index in [0.717, 1.165) is 6.42 Å². The van der Waals surface area contributed by atoms with Gasteiger partial charge in [0.05, 0.1) is 11.2 Å². The standard InChI is InChI=1S/C10H16O4S.C7H11N3O3/c1-9(2)7-3-4-10(9,8(11)5-7)6-15(12,13)14;1-2-3-13-7(12)9-5-4-8-10-6(5)11/h7H,3-6H2,1-2H3,(H,12,13,14);2,5,8H,1,3-4H2,(H,9,12)(H,10,11). The van der Waals surface area contributed by atoms with Crippen molar-refractivity contribution in [2.24, 2.45) is 16.7 Å². The summed E-state index contributed by atoms with van der Waals surface area (Å²) in [4.78, 5) is 33.7. The Hall–Kier alpha value is -1.98. The van der Waals surface area contributed by atoms with E-state index in [2.05, 4.69) is 27.5 Å². The summed E-state index contributed by atoms with van der Waals surface area (Å²) < 4.78 is 35.6. The lowest BCUT2D eigenvalue weighted by Crippen LogP contribution is -2.42. The molecule has 3 rings (SSSR count). The lowest BCUT2D eigenvalue weighted by Gasteiger charge is -2.35. The molecule has 3 aliphatic rings. The summed E-state index contributed by atoms with van der Waals surface area (Å²) in [5, 5.41) is 2.38. The first-order valence-electron chi connectivity index (χ1n) is 8.98. The summed E-state index contributed by atoms with van der Waals surface area (Å²) in [5.41, 5.74) is 3.83. The molecule has 1 heterocycles. The van der Waals surface area contributed by atoms with E-state index in [1.807, 2.05) is 13.8 Å². The Morgan fingerprint density at radius 2 is 2.11 bits per heavy atom. The molecular weight excluding hydrogens is 390 g/mol. The lowest BCUT2D eigenvalue weighted by atomic mass is 9.70. The van der Waals surface area contributed by atoms with E-state index in [1.54, 1.807) is 0 Å². The van der Waals surface area contributed by atoms with Crippen molar-refractivity contribution in [3.8, 4) is 0 Å². The molecule has 2 saturated carbocycles. The average Bonchev–Trinajstić information content (AvgIpc) is 3.13. The van der Waals surface area contributed by atoms with Crippen molar-refractivity contribution in [3.63, 3.8) is 0 Å². The van der Waals surface area contributed by atoms with Crippen LogP contribution in [0.2, 0.25) is 0 Å². The molecule has 0 radical (unpaired) electrons. The van der Waals surface area contributed by atoms with Crippen LogP contribution >= 0.6 is 0 Å². The van der Waals surface area contributed by atoms with Crippen molar-refractivity contribution >= 4 is 27.9 Å². The van der Waals surface area contributed by atoms with Crippen molar-refractivity contribution in [3.05, 3.63) is 12.7 Å². The summed E-state index contributed by atoms with van der Waals surface area (Å²) in [6.45, 7) is 7.77. The Morgan fingerprint density at radius 1 is 1.43 bits per heavy atom. The van der Waals surface area contributed by atoms with Gasteiger partial charge in [-0.2, -0.15) is 8.42 Å². The van der Waals surface area contributed by atoms with Gasteiger partial charge in [0.1, 0.15) is 18.4 Å². The number of ketones is 1. The monoisotopic (exact) mass is 417 g/mol. The molecule has 1 saturated heterocycles. The van der Waals surface area contributed by atoms with Gasteiger partial charge in [-0.1, -0.05) is 26.5 Å². The number of hydrogen-bond donors (Lipinski definition) is 4. The Morgan fingerprint density at radius 3 is 2.54 bits per heavy atom. The molecule has 1 aliphatic heterocycles. The third-order valence-electron chi connectivity index (χ3n) is 6.03. The second kappa shape index (κ2) is 8.18. The minimum atomic E-state index is -4.08. The lowest BCUT2D eigenvalue weighted by molar-refractivity contribution is -0.128. The highest BCUT2D eigenvalue weighted by Crippen LogP contribution is 2.64. The zero-order valence-corrected chi connectivity index (χ0v) is 16.8. The topological polar surface area (TPSA) is 151 Å².